The molecule has 106 valence electrons. The summed E-state index contributed by atoms with van der Waals surface area (Å²) in [5.41, 5.74) is 3.34. The quantitative estimate of drug-likeness (QED) is 0.771. The van der Waals surface area contributed by atoms with E-state index in [2.05, 4.69) is 23.8 Å². The van der Waals surface area contributed by atoms with Crippen molar-refractivity contribution in [3.8, 4) is 0 Å². The fourth-order valence-electron chi connectivity index (χ4n) is 2.21. The van der Waals surface area contributed by atoms with Crippen LogP contribution in [-0.2, 0) is 17.8 Å². The van der Waals surface area contributed by atoms with Gasteiger partial charge in [0.15, 0.2) is 0 Å². The van der Waals surface area contributed by atoms with Crippen LogP contribution in [0.4, 0.5) is 0 Å². The second-order valence-corrected chi connectivity index (χ2v) is 4.93. The predicted molar refractivity (Wildman–Crippen MR) is 77.0 cm³/mol. The maximum Gasteiger partial charge on any atom is 0.210 e. The van der Waals surface area contributed by atoms with Gasteiger partial charge in [-0.3, -0.25) is 4.79 Å². The van der Waals surface area contributed by atoms with Crippen LogP contribution in [0, 0.1) is 6.92 Å². The number of nitrogens with zero attached hydrogens (tertiary/aromatic N) is 3. The molecular formula is C15H25N3O. The molecular weight excluding hydrogens is 238 g/mol. The summed E-state index contributed by atoms with van der Waals surface area (Å²) in [6, 6.07) is 0. The van der Waals surface area contributed by atoms with Gasteiger partial charge in [-0.25, -0.2) is 9.97 Å². The monoisotopic (exact) mass is 263 g/mol. The van der Waals surface area contributed by atoms with Crippen LogP contribution in [0.15, 0.2) is 0 Å². The number of carbonyl (C=O) groups is 1. The minimum Gasteiger partial charge on any atom is -0.339 e. The Morgan fingerprint density at radius 3 is 2.53 bits per heavy atom. The summed E-state index contributed by atoms with van der Waals surface area (Å²) in [5.74, 6) is 1.21. The van der Waals surface area contributed by atoms with Crippen LogP contribution in [0.3, 0.4) is 0 Å². The van der Waals surface area contributed by atoms with Gasteiger partial charge in [0.2, 0.25) is 6.41 Å². The average Bonchev–Trinajstić information content (AvgIpc) is 2.63. The zero-order valence-corrected chi connectivity index (χ0v) is 12.7. The van der Waals surface area contributed by atoms with Gasteiger partial charge in [-0.2, -0.15) is 0 Å². The summed E-state index contributed by atoms with van der Waals surface area (Å²) < 4.78 is 0. The van der Waals surface area contributed by atoms with Crippen molar-refractivity contribution in [2.45, 2.75) is 59.9 Å². The fourth-order valence-corrected chi connectivity index (χ4v) is 2.21. The van der Waals surface area contributed by atoms with E-state index >= 15 is 0 Å². The van der Waals surface area contributed by atoms with E-state index in [1.165, 1.54) is 5.56 Å². The van der Waals surface area contributed by atoms with E-state index in [0.29, 0.717) is 12.5 Å². The normalized spacial score (nSPS) is 14.3. The highest BCUT2D eigenvalue weighted by Crippen LogP contribution is 2.21. The fraction of sp³-hybridized carbons (Fsp3) is 0.667. The van der Waals surface area contributed by atoms with Crippen molar-refractivity contribution in [1.82, 2.24) is 14.9 Å². The summed E-state index contributed by atoms with van der Waals surface area (Å²) in [7, 11) is 0. The van der Waals surface area contributed by atoms with Gasteiger partial charge in [-0.05, 0) is 25.3 Å². The van der Waals surface area contributed by atoms with Gasteiger partial charge in [0.25, 0.3) is 0 Å². The Hall–Kier alpha value is -1.45. The third-order valence-corrected chi connectivity index (χ3v) is 3.21. The van der Waals surface area contributed by atoms with Crippen molar-refractivity contribution < 1.29 is 4.79 Å². The Labute approximate surface area is 116 Å². The van der Waals surface area contributed by atoms with Gasteiger partial charge in [0.05, 0.1) is 12.2 Å². The van der Waals surface area contributed by atoms with Gasteiger partial charge in [-0.1, -0.05) is 27.7 Å². The Balaban J connectivity index is 0.000000861. The third kappa shape index (κ3) is 3.75. The third-order valence-electron chi connectivity index (χ3n) is 3.21. The highest BCUT2D eigenvalue weighted by Gasteiger charge is 2.18. The van der Waals surface area contributed by atoms with Gasteiger partial charge in [-0.15, -0.1) is 0 Å². The standard InChI is InChI=1S/C13H19N3O.C2H6/c1-9(2)13-14-10(3)11-5-4-6-16(8-17)7-12(11)15-13;1-2/h8-9H,4-7H2,1-3H3;1-2H3. The lowest BCUT2D eigenvalue weighted by molar-refractivity contribution is -0.118. The van der Waals surface area contributed by atoms with E-state index in [1.807, 2.05) is 20.8 Å². The van der Waals surface area contributed by atoms with Crippen LogP contribution in [0.2, 0.25) is 0 Å². The van der Waals surface area contributed by atoms with E-state index in [9.17, 15) is 4.79 Å². The van der Waals surface area contributed by atoms with Crippen molar-refractivity contribution >= 4 is 6.41 Å². The lowest BCUT2D eigenvalue weighted by Gasteiger charge is -2.15. The summed E-state index contributed by atoms with van der Waals surface area (Å²) in [6.45, 7) is 11.7. The van der Waals surface area contributed by atoms with Crippen LogP contribution in [0.1, 0.15) is 62.8 Å². The molecule has 0 saturated carbocycles. The van der Waals surface area contributed by atoms with Crippen molar-refractivity contribution in [3.05, 3.63) is 22.8 Å². The van der Waals surface area contributed by atoms with E-state index in [1.54, 1.807) is 4.90 Å². The number of fused-ring (bicyclic) bond motifs is 1. The Kier molecular flexibility index (Phi) is 5.93. The molecule has 1 aromatic heterocycles. The van der Waals surface area contributed by atoms with Gasteiger partial charge < -0.3 is 4.90 Å². The minimum absolute atomic E-state index is 0.326. The van der Waals surface area contributed by atoms with Crippen molar-refractivity contribution in [2.75, 3.05) is 6.54 Å². The lowest BCUT2D eigenvalue weighted by atomic mass is 10.1. The zero-order chi connectivity index (χ0) is 14.4. The largest absolute Gasteiger partial charge is 0.339 e. The van der Waals surface area contributed by atoms with Crippen LogP contribution in [0.5, 0.6) is 0 Å². The number of carbonyl (C=O) groups excluding carboxylic acids is 1. The van der Waals surface area contributed by atoms with Crippen LogP contribution in [-0.4, -0.2) is 27.8 Å². The van der Waals surface area contributed by atoms with Crippen LogP contribution in [0.25, 0.3) is 0 Å². The molecule has 4 nitrogen and oxygen atoms in total. The van der Waals surface area contributed by atoms with Crippen molar-refractivity contribution in [2.24, 2.45) is 0 Å². The number of hydrogen-bond donors (Lipinski definition) is 0. The molecule has 0 spiro atoms. The smallest absolute Gasteiger partial charge is 0.210 e. The molecule has 1 amide bonds. The number of rotatable bonds is 2. The first kappa shape index (κ1) is 15.6. The molecule has 1 aliphatic heterocycles. The molecule has 0 aliphatic carbocycles. The van der Waals surface area contributed by atoms with Gasteiger partial charge >= 0.3 is 0 Å². The first-order chi connectivity index (χ1) is 9.11. The first-order valence-corrected chi connectivity index (χ1v) is 7.17. The molecule has 0 N–H and O–H groups in total. The van der Waals surface area contributed by atoms with E-state index in [-0.39, 0.29) is 0 Å². The molecule has 2 rings (SSSR count). The molecule has 4 heteroatoms. The molecule has 0 radical (unpaired) electrons. The predicted octanol–water partition coefficient (Wildman–Crippen LogP) is 2.84. The number of aryl methyl sites for hydroxylation is 1. The SMILES string of the molecule is CC.Cc1nc(C(C)C)nc2c1CCCN(C=O)C2. The van der Waals surface area contributed by atoms with E-state index < -0.39 is 0 Å². The highest BCUT2D eigenvalue weighted by atomic mass is 16.1. The van der Waals surface area contributed by atoms with E-state index in [4.69, 9.17) is 0 Å². The molecule has 0 bridgehead atoms. The second kappa shape index (κ2) is 7.22. The molecule has 0 unspecified atom stereocenters. The molecule has 0 atom stereocenters. The van der Waals surface area contributed by atoms with E-state index in [0.717, 1.165) is 43.0 Å². The highest BCUT2D eigenvalue weighted by molar-refractivity contribution is 5.48. The van der Waals surface area contributed by atoms with Crippen LogP contribution >= 0.6 is 0 Å². The first-order valence-electron chi connectivity index (χ1n) is 7.17. The van der Waals surface area contributed by atoms with Crippen molar-refractivity contribution in [1.29, 1.82) is 0 Å². The zero-order valence-electron chi connectivity index (χ0n) is 12.7. The number of hydrogen-bond acceptors (Lipinski definition) is 3. The van der Waals surface area contributed by atoms with Gasteiger partial charge in [0.1, 0.15) is 5.82 Å². The van der Waals surface area contributed by atoms with Crippen molar-refractivity contribution in [3.63, 3.8) is 0 Å². The lowest BCUT2D eigenvalue weighted by Crippen LogP contribution is -2.22. The summed E-state index contributed by atoms with van der Waals surface area (Å²) >= 11 is 0. The van der Waals surface area contributed by atoms with Crippen LogP contribution < -0.4 is 0 Å². The maximum absolute atomic E-state index is 10.9. The summed E-state index contributed by atoms with van der Waals surface area (Å²) in [4.78, 5) is 21.9. The molecule has 1 aromatic rings. The Bertz CT molecular complexity index is 430. The summed E-state index contributed by atoms with van der Waals surface area (Å²) in [5, 5.41) is 0. The maximum atomic E-state index is 10.9. The topological polar surface area (TPSA) is 46.1 Å². The Morgan fingerprint density at radius 2 is 1.95 bits per heavy atom. The Morgan fingerprint density at radius 1 is 1.26 bits per heavy atom. The molecule has 0 fully saturated rings. The molecule has 19 heavy (non-hydrogen) atoms. The molecule has 2 heterocycles. The second-order valence-electron chi connectivity index (χ2n) is 4.93. The molecule has 0 aromatic carbocycles. The molecule has 1 aliphatic rings. The molecule has 0 saturated heterocycles. The average molecular weight is 263 g/mol. The number of aromatic nitrogens is 2. The van der Waals surface area contributed by atoms with Gasteiger partial charge in [0, 0.05) is 18.2 Å². The minimum atomic E-state index is 0.326. The number of amides is 1. The summed E-state index contributed by atoms with van der Waals surface area (Å²) in [6.07, 6.45) is 2.89.